The molecule has 112 valence electrons. The van der Waals surface area contributed by atoms with E-state index >= 15 is 0 Å². The van der Waals surface area contributed by atoms with Gasteiger partial charge in [-0.05, 0) is 44.0 Å². The Morgan fingerprint density at radius 3 is 3.19 bits per heavy atom. The second-order valence-electron chi connectivity index (χ2n) is 5.65. The van der Waals surface area contributed by atoms with Crippen LogP contribution in [0, 0.1) is 6.92 Å². The van der Waals surface area contributed by atoms with Crippen LogP contribution in [0.2, 0.25) is 0 Å². The molecular formula is C16H21N3O2. The Balaban J connectivity index is 1.55. The molecule has 1 saturated heterocycles. The smallest absolute Gasteiger partial charge is 0.224 e. The van der Waals surface area contributed by atoms with Crippen LogP contribution in [-0.4, -0.2) is 23.5 Å². The van der Waals surface area contributed by atoms with Crippen molar-refractivity contribution < 1.29 is 9.21 Å². The highest BCUT2D eigenvalue weighted by Crippen LogP contribution is 2.20. The van der Waals surface area contributed by atoms with Crippen molar-refractivity contribution in [3.8, 4) is 0 Å². The van der Waals surface area contributed by atoms with E-state index in [0.29, 0.717) is 18.4 Å². The minimum absolute atomic E-state index is 0.0574. The van der Waals surface area contributed by atoms with E-state index in [1.54, 1.807) is 0 Å². The van der Waals surface area contributed by atoms with Crippen molar-refractivity contribution in [3.05, 3.63) is 24.1 Å². The summed E-state index contributed by atoms with van der Waals surface area (Å²) in [5.41, 5.74) is 2.30. The molecule has 0 aliphatic carbocycles. The summed E-state index contributed by atoms with van der Waals surface area (Å²) in [4.78, 5) is 16.3. The molecule has 1 amide bonds. The van der Waals surface area contributed by atoms with Gasteiger partial charge in [0.1, 0.15) is 5.52 Å². The number of benzene rings is 1. The molecule has 0 spiro atoms. The van der Waals surface area contributed by atoms with Crippen molar-refractivity contribution in [2.24, 2.45) is 0 Å². The first-order chi connectivity index (χ1) is 10.2. The molecule has 2 N–H and O–H groups in total. The largest absolute Gasteiger partial charge is 0.441 e. The molecule has 5 heteroatoms. The SMILES string of the molecule is Cc1nc2cc(NC(=O)CCC3CCCCN3)ccc2o1. The summed E-state index contributed by atoms with van der Waals surface area (Å²) < 4.78 is 5.42. The predicted octanol–water partition coefficient (Wildman–Crippen LogP) is 3.00. The van der Waals surface area contributed by atoms with Gasteiger partial charge in [0.25, 0.3) is 0 Å². The van der Waals surface area contributed by atoms with Gasteiger partial charge in [0.2, 0.25) is 5.91 Å². The quantitative estimate of drug-likeness (QED) is 0.907. The van der Waals surface area contributed by atoms with Gasteiger partial charge in [-0.3, -0.25) is 4.79 Å². The summed E-state index contributed by atoms with van der Waals surface area (Å²) in [6.07, 6.45) is 5.14. The Hall–Kier alpha value is -1.88. The average Bonchev–Trinajstić information content (AvgIpc) is 2.85. The number of piperidine rings is 1. The van der Waals surface area contributed by atoms with Crippen LogP contribution < -0.4 is 10.6 Å². The van der Waals surface area contributed by atoms with Crippen LogP contribution in [0.25, 0.3) is 11.1 Å². The molecule has 1 aromatic carbocycles. The minimum atomic E-state index is 0.0574. The summed E-state index contributed by atoms with van der Waals surface area (Å²) in [5.74, 6) is 0.693. The lowest BCUT2D eigenvalue weighted by molar-refractivity contribution is -0.116. The molecule has 1 aliphatic rings. The van der Waals surface area contributed by atoms with Gasteiger partial charge in [0, 0.05) is 25.1 Å². The molecule has 5 nitrogen and oxygen atoms in total. The number of aryl methyl sites for hydroxylation is 1. The van der Waals surface area contributed by atoms with E-state index in [0.717, 1.165) is 29.8 Å². The molecule has 1 aliphatic heterocycles. The molecule has 0 radical (unpaired) electrons. The van der Waals surface area contributed by atoms with Gasteiger partial charge in [-0.15, -0.1) is 0 Å². The Bertz CT molecular complexity index is 629. The zero-order chi connectivity index (χ0) is 14.7. The Kier molecular flexibility index (Phi) is 4.20. The maximum Gasteiger partial charge on any atom is 0.224 e. The number of amides is 1. The maximum absolute atomic E-state index is 12.0. The zero-order valence-electron chi connectivity index (χ0n) is 12.3. The second kappa shape index (κ2) is 6.26. The fourth-order valence-electron chi connectivity index (χ4n) is 2.82. The van der Waals surface area contributed by atoms with Gasteiger partial charge in [0.05, 0.1) is 0 Å². The molecule has 1 unspecified atom stereocenters. The van der Waals surface area contributed by atoms with Crippen molar-refractivity contribution in [2.75, 3.05) is 11.9 Å². The lowest BCUT2D eigenvalue weighted by Gasteiger charge is -2.23. The van der Waals surface area contributed by atoms with E-state index in [-0.39, 0.29) is 5.91 Å². The standard InChI is InChI=1S/C16H21N3O2/c1-11-18-14-10-13(5-7-15(14)21-11)19-16(20)8-6-12-4-2-3-9-17-12/h5,7,10,12,17H,2-4,6,8-9H2,1H3,(H,19,20). The van der Waals surface area contributed by atoms with Crippen molar-refractivity contribution in [2.45, 2.75) is 45.1 Å². The highest BCUT2D eigenvalue weighted by atomic mass is 16.3. The van der Waals surface area contributed by atoms with E-state index < -0.39 is 0 Å². The van der Waals surface area contributed by atoms with Gasteiger partial charge in [-0.2, -0.15) is 0 Å². The third kappa shape index (κ3) is 3.61. The number of nitrogens with zero attached hydrogens (tertiary/aromatic N) is 1. The first kappa shape index (κ1) is 14.1. The minimum Gasteiger partial charge on any atom is -0.441 e. The number of hydrogen-bond donors (Lipinski definition) is 2. The van der Waals surface area contributed by atoms with E-state index in [4.69, 9.17) is 4.42 Å². The fraction of sp³-hybridized carbons (Fsp3) is 0.500. The van der Waals surface area contributed by atoms with Crippen molar-refractivity contribution in [3.63, 3.8) is 0 Å². The highest BCUT2D eigenvalue weighted by Gasteiger charge is 2.14. The normalized spacial score (nSPS) is 18.8. The first-order valence-electron chi connectivity index (χ1n) is 7.61. The molecule has 2 aromatic rings. The van der Waals surface area contributed by atoms with Crippen LogP contribution in [0.15, 0.2) is 22.6 Å². The molecular weight excluding hydrogens is 266 g/mol. The third-order valence-electron chi connectivity index (χ3n) is 3.91. The van der Waals surface area contributed by atoms with Crippen LogP contribution >= 0.6 is 0 Å². The van der Waals surface area contributed by atoms with Crippen LogP contribution in [0.5, 0.6) is 0 Å². The number of rotatable bonds is 4. The number of hydrogen-bond acceptors (Lipinski definition) is 4. The molecule has 1 aromatic heterocycles. The van der Waals surface area contributed by atoms with Crippen LogP contribution in [0.1, 0.15) is 38.0 Å². The van der Waals surface area contributed by atoms with Crippen LogP contribution in [0.3, 0.4) is 0 Å². The van der Waals surface area contributed by atoms with Gasteiger partial charge >= 0.3 is 0 Å². The summed E-state index contributed by atoms with van der Waals surface area (Å²) in [6, 6.07) is 6.03. The number of anilines is 1. The summed E-state index contributed by atoms with van der Waals surface area (Å²) in [6.45, 7) is 2.89. The Labute approximate surface area is 124 Å². The maximum atomic E-state index is 12.0. The first-order valence-corrected chi connectivity index (χ1v) is 7.61. The summed E-state index contributed by atoms with van der Waals surface area (Å²) in [5, 5.41) is 6.40. The number of fused-ring (bicyclic) bond motifs is 1. The molecule has 0 bridgehead atoms. The number of aromatic nitrogens is 1. The van der Waals surface area contributed by atoms with E-state index in [9.17, 15) is 4.79 Å². The molecule has 2 heterocycles. The highest BCUT2D eigenvalue weighted by molar-refractivity contribution is 5.92. The molecule has 1 atom stereocenters. The topological polar surface area (TPSA) is 67.2 Å². The molecule has 21 heavy (non-hydrogen) atoms. The lowest BCUT2D eigenvalue weighted by atomic mass is 10.0. The number of carbonyl (C=O) groups excluding carboxylic acids is 1. The summed E-state index contributed by atoms with van der Waals surface area (Å²) in [7, 11) is 0. The molecule has 0 saturated carbocycles. The van der Waals surface area contributed by atoms with Gasteiger partial charge in [-0.25, -0.2) is 4.98 Å². The third-order valence-corrected chi connectivity index (χ3v) is 3.91. The van der Waals surface area contributed by atoms with Crippen LogP contribution in [0.4, 0.5) is 5.69 Å². The fourth-order valence-corrected chi connectivity index (χ4v) is 2.82. The van der Waals surface area contributed by atoms with Gasteiger partial charge in [0.15, 0.2) is 11.5 Å². The van der Waals surface area contributed by atoms with Crippen LogP contribution in [-0.2, 0) is 4.79 Å². The monoisotopic (exact) mass is 287 g/mol. The Morgan fingerprint density at radius 2 is 2.38 bits per heavy atom. The molecule has 1 fully saturated rings. The summed E-state index contributed by atoms with van der Waals surface area (Å²) >= 11 is 0. The van der Waals surface area contributed by atoms with Crippen molar-refractivity contribution in [1.82, 2.24) is 10.3 Å². The van der Waals surface area contributed by atoms with E-state index in [1.807, 2.05) is 25.1 Å². The number of oxazole rings is 1. The van der Waals surface area contributed by atoms with Gasteiger partial charge in [-0.1, -0.05) is 6.42 Å². The van der Waals surface area contributed by atoms with Crippen molar-refractivity contribution in [1.29, 1.82) is 0 Å². The zero-order valence-corrected chi connectivity index (χ0v) is 12.3. The average molecular weight is 287 g/mol. The number of nitrogens with one attached hydrogen (secondary N) is 2. The number of carbonyl (C=O) groups is 1. The second-order valence-corrected chi connectivity index (χ2v) is 5.65. The molecule has 3 rings (SSSR count). The predicted molar refractivity (Wildman–Crippen MR) is 82.3 cm³/mol. The van der Waals surface area contributed by atoms with E-state index in [1.165, 1.54) is 19.3 Å². The van der Waals surface area contributed by atoms with E-state index in [2.05, 4.69) is 15.6 Å². The lowest BCUT2D eigenvalue weighted by Crippen LogP contribution is -2.34. The Morgan fingerprint density at radius 1 is 1.48 bits per heavy atom. The van der Waals surface area contributed by atoms with Gasteiger partial charge < -0.3 is 15.1 Å². The van der Waals surface area contributed by atoms with Crippen molar-refractivity contribution >= 4 is 22.7 Å².